The van der Waals surface area contributed by atoms with E-state index in [4.69, 9.17) is 0 Å². The van der Waals surface area contributed by atoms with E-state index < -0.39 is 32.9 Å². The van der Waals surface area contributed by atoms with Crippen LogP contribution in [0, 0.1) is 57.3 Å². The molecule has 0 bridgehead atoms. The molecule has 0 spiro atoms. The van der Waals surface area contributed by atoms with E-state index >= 15 is 9.59 Å². The summed E-state index contributed by atoms with van der Waals surface area (Å²) in [6, 6.07) is 67.8. The van der Waals surface area contributed by atoms with Crippen LogP contribution in [0.4, 0.5) is 45.5 Å². The lowest BCUT2D eigenvalue weighted by molar-refractivity contribution is 0.0764. The number of nitrogens with one attached hydrogen (secondary N) is 4. The van der Waals surface area contributed by atoms with Gasteiger partial charge in [0.1, 0.15) is 0 Å². The van der Waals surface area contributed by atoms with Gasteiger partial charge in [0.25, 0.3) is 26.0 Å². The fourth-order valence-corrected chi connectivity index (χ4v) is 21.8. The minimum Gasteiger partial charge on any atom is -0.403 e. The molecule has 0 heterocycles. The van der Waals surface area contributed by atoms with Gasteiger partial charge in [0.15, 0.2) is 0 Å². The molecule has 0 aliphatic rings. The largest absolute Gasteiger partial charge is 0.403 e. The van der Waals surface area contributed by atoms with E-state index in [9.17, 15) is 4.79 Å². The van der Waals surface area contributed by atoms with Crippen molar-refractivity contribution in [2.24, 2.45) is 0 Å². The highest BCUT2D eigenvalue weighted by molar-refractivity contribution is 6.98. The smallest absolute Gasteiger partial charge is 0.312 e. The Bertz CT molecular complexity index is 5990. The van der Waals surface area contributed by atoms with Crippen molar-refractivity contribution in [2.75, 3.05) is 135 Å². The molecule has 0 aliphatic heterocycles. The average Bonchev–Trinajstić information content (AvgIpc) is 0.754. The molecule has 3 amide bonds. The number of hydrogen-bond acceptors (Lipinski definition) is 11. The summed E-state index contributed by atoms with van der Waals surface area (Å²) in [6.45, 7) is 32.2. The molecule has 0 saturated carbocycles. The standard InChI is InChI=1S/C99H109N11O3Si4/c1-21-108(22-2)97(111)82-69-72(53-55-74(82)61-66-114(17,27-7)100-85-45-29-37-77-41-33-49-89(93(77)85)104(9)10)59-64-115(18,101-86-46-30-38-78-42-34-50-90(94(78)86)105(11)12)67-62-75-56-54-73(70-83(75)98(112)109(23-3)24-4)60-65-116(19,102-87-47-31-39-79-43-35-51-91(95(79)87)106(13)14)68-63-76-57-58-81(71-84(76)99(113)110(25-5)26-6)117(20,28-8)103-88-48-32-40-80-44-36-52-92(96(80)88)107(15)16/h27-58,69-71,100-103H,7-8,21-26H2,1-6,9-20H3. The Labute approximate surface area is 698 Å². The maximum Gasteiger partial charge on any atom is 0.312 e. The fraction of sp³-hybridized carbons (Fsp3) is 0.242. The van der Waals surface area contributed by atoms with Crippen LogP contribution in [0.25, 0.3) is 43.1 Å². The summed E-state index contributed by atoms with van der Waals surface area (Å²) in [5.74, 6) is 17.3. The van der Waals surface area contributed by atoms with Crippen LogP contribution in [0.1, 0.15) is 100 Å². The zero-order chi connectivity index (χ0) is 84.1. The molecule has 0 aliphatic carbocycles. The number of hydrogen-bond donors (Lipinski definition) is 4. The summed E-state index contributed by atoms with van der Waals surface area (Å²) < 4.78 is 0. The summed E-state index contributed by atoms with van der Waals surface area (Å²) in [4.78, 5) is 74.9. The number of fused-ring (bicyclic) bond motifs is 4. The van der Waals surface area contributed by atoms with Gasteiger partial charge >= 0.3 is 16.5 Å². The lowest BCUT2D eigenvalue weighted by Gasteiger charge is -2.29. The zero-order valence-corrected chi connectivity index (χ0v) is 75.2. The Kier molecular flexibility index (Phi) is 26.9. The number of amides is 3. The third kappa shape index (κ3) is 19.0. The summed E-state index contributed by atoms with van der Waals surface area (Å²) in [5.41, 5.74) is 34.7. The van der Waals surface area contributed by atoms with Crippen LogP contribution in [0.5, 0.6) is 0 Å². The number of rotatable bonds is 24. The lowest BCUT2D eigenvalue weighted by Crippen LogP contribution is -2.51. The Morgan fingerprint density at radius 1 is 0.333 bits per heavy atom. The average molecular weight is 1610 g/mol. The lowest BCUT2D eigenvalue weighted by atomic mass is 10.0. The minimum absolute atomic E-state index is 0.116. The fourth-order valence-electron chi connectivity index (χ4n) is 14.8. The highest BCUT2D eigenvalue weighted by Gasteiger charge is 2.33. The Balaban J connectivity index is 1.04. The van der Waals surface area contributed by atoms with Crippen molar-refractivity contribution >= 4 is 144 Å². The van der Waals surface area contributed by atoms with Crippen molar-refractivity contribution in [3.05, 3.63) is 269 Å². The normalized spacial score (nSPS) is 12.8. The molecule has 0 aromatic heterocycles. The quantitative estimate of drug-likeness (QED) is 0.0342. The first kappa shape index (κ1) is 85.3. The molecule has 18 heteroatoms. The van der Waals surface area contributed by atoms with Crippen molar-refractivity contribution in [2.45, 2.75) is 67.7 Å². The van der Waals surface area contributed by atoms with Gasteiger partial charge in [-0.15, -0.1) is 13.2 Å². The van der Waals surface area contributed by atoms with Crippen LogP contribution in [0.15, 0.2) is 225 Å². The van der Waals surface area contributed by atoms with Gasteiger partial charge in [-0.3, -0.25) is 14.4 Å². The van der Waals surface area contributed by atoms with E-state index in [1.165, 1.54) is 0 Å². The van der Waals surface area contributed by atoms with Crippen molar-refractivity contribution in [1.29, 1.82) is 0 Å². The SMILES string of the molecule is C=C[Si](C)(C#Cc1ccc(C#C[Si](C)(C#Cc2ccc(C#C[Si](C)(C#Cc3ccc([Si](C)(C=C)Nc4cccc5cccc(N(C)C)c45)cc3C(=O)N(CC)CC)Nc3cccc4cccc(N(C)C)c34)cc2C(=O)N(CC)CC)Nc2cccc3cccc(N(C)C)c23)cc1C(=O)N(CC)CC)Nc1cccc2cccc(N(C)C)c12. The minimum atomic E-state index is -3.40. The van der Waals surface area contributed by atoms with Gasteiger partial charge in [-0.2, -0.15) is 0 Å². The van der Waals surface area contributed by atoms with Crippen molar-refractivity contribution < 1.29 is 14.4 Å². The van der Waals surface area contributed by atoms with E-state index in [2.05, 4.69) is 290 Å². The second-order valence-corrected chi connectivity index (χ2v) is 43.8. The monoisotopic (exact) mass is 1610 g/mol. The third-order valence-electron chi connectivity index (χ3n) is 21.6. The van der Waals surface area contributed by atoms with Gasteiger partial charge < -0.3 is 54.2 Å². The predicted molar refractivity (Wildman–Crippen MR) is 510 cm³/mol. The van der Waals surface area contributed by atoms with Crippen molar-refractivity contribution in [3.63, 3.8) is 0 Å². The highest BCUT2D eigenvalue weighted by Crippen LogP contribution is 2.38. The van der Waals surface area contributed by atoms with Gasteiger partial charge in [0.05, 0.1) is 16.7 Å². The van der Waals surface area contributed by atoms with Crippen LogP contribution in [0.2, 0.25) is 26.2 Å². The highest BCUT2D eigenvalue weighted by atomic mass is 28.3. The molecule has 14 nitrogen and oxygen atoms in total. The number of benzene rings is 11. The van der Waals surface area contributed by atoms with Crippen LogP contribution in [-0.2, 0) is 0 Å². The van der Waals surface area contributed by atoms with Gasteiger partial charge in [-0.25, -0.2) is 0 Å². The number of nitrogens with zero attached hydrogens (tertiary/aromatic N) is 7. The zero-order valence-electron chi connectivity index (χ0n) is 71.2. The van der Waals surface area contributed by atoms with Crippen LogP contribution in [-0.4, -0.2) is 161 Å². The molecule has 594 valence electrons. The Hall–Kier alpha value is -12.6. The molecule has 11 aromatic rings. The third-order valence-corrected chi connectivity index (χ3v) is 31.0. The van der Waals surface area contributed by atoms with Crippen molar-refractivity contribution in [1.82, 2.24) is 14.7 Å². The first-order valence-corrected chi connectivity index (χ1v) is 50.4. The maximum atomic E-state index is 15.3. The van der Waals surface area contributed by atoms with Gasteiger partial charge in [0.2, 0.25) is 8.24 Å². The summed E-state index contributed by atoms with van der Waals surface area (Å²) in [7, 11) is 3.98. The molecule has 4 N–H and O–H groups in total. The second kappa shape index (κ2) is 36.9. The molecule has 0 saturated heterocycles. The van der Waals surface area contributed by atoms with E-state index in [-0.39, 0.29) is 17.7 Å². The molecule has 11 aromatic carbocycles. The first-order chi connectivity index (χ1) is 56.1. The van der Waals surface area contributed by atoms with E-state index in [0.717, 1.165) is 93.8 Å². The molecule has 4 unspecified atom stereocenters. The molecular weight excluding hydrogens is 1500 g/mol. The maximum absolute atomic E-state index is 15.3. The molecule has 117 heavy (non-hydrogen) atoms. The molecule has 0 fully saturated rings. The van der Waals surface area contributed by atoms with Crippen LogP contribution in [0.3, 0.4) is 0 Å². The Morgan fingerprint density at radius 2 is 0.615 bits per heavy atom. The second-order valence-electron chi connectivity index (χ2n) is 30.8. The van der Waals surface area contributed by atoms with E-state index in [1.54, 1.807) is 4.90 Å². The molecule has 4 atom stereocenters. The predicted octanol–water partition coefficient (Wildman–Crippen LogP) is 18.3. The number of anilines is 8. The van der Waals surface area contributed by atoms with Gasteiger partial charge in [-0.1, -0.05) is 172 Å². The van der Waals surface area contributed by atoms with E-state index in [1.807, 2.05) is 166 Å². The topological polar surface area (TPSA) is 122 Å². The Morgan fingerprint density at radius 3 is 0.923 bits per heavy atom. The van der Waals surface area contributed by atoms with Gasteiger partial charge in [0, 0.05) is 191 Å². The molecular formula is C99H109N11O3Si4. The number of carbonyl (C=O) groups is 3. The number of carbonyl (C=O) groups excluding carboxylic acids is 3. The van der Waals surface area contributed by atoms with Crippen LogP contribution >= 0.6 is 0 Å². The van der Waals surface area contributed by atoms with Crippen molar-refractivity contribution in [3.8, 4) is 57.3 Å². The molecule has 11 rings (SSSR count). The summed E-state index contributed by atoms with van der Waals surface area (Å²) in [6.07, 6.45) is 0. The molecule has 0 radical (unpaired) electrons. The van der Waals surface area contributed by atoms with Crippen LogP contribution < -0.4 is 44.7 Å². The summed E-state index contributed by atoms with van der Waals surface area (Å²) >= 11 is 0. The van der Waals surface area contributed by atoms with E-state index in [0.29, 0.717) is 83.8 Å². The first-order valence-electron chi connectivity index (χ1n) is 40.2. The van der Waals surface area contributed by atoms with Gasteiger partial charge in [-0.05, 0) is 192 Å². The summed E-state index contributed by atoms with van der Waals surface area (Å²) in [5, 5.41) is 9.55.